The molecule has 0 spiro atoms. The summed E-state index contributed by atoms with van der Waals surface area (Å²) in [7, 11) is 0. The Hall–Kier alpha value is -3.11. The Labute approximate surface area is 150 Å². The highest BCUT2D eigenvalue weighted by molar-refractivity contribution is 6.30. The van der Waals surface area contributed by atoms with Crippen LogP contribution in [0, 0.1) is 0 Å². The van der Waals surface area contributed by atoms with Crippen molar-refractivity contribution >= 4 is 29.2 Å². The monoisotopic (exact) mass is 351 g/mol. The van der Waals surface area contributed by atoms with Gasteiger partial charge >= 0.3 is 6.09 Å². The van der Waals surface area contributed by atoms with E-state index in [0.717, 1.165) is 0 Å². The summed E-state index contributed by atoms with van der Waals surface area (Å²) in [6.45, 7) is 0. The second kappa shape index (κ2) is 7.64. The van der Waals surface area contributed by atoms with Crippen molar-refractivity contribution in [2.45, 2.75) is 0 Å². The molecule has 1 N–H and O–H groups in total. The van der Waals surface area contributed by atoms with E-state index in [2.05, 4.69) is 5.32 Å². The van der Waals surface area contributed by atoms with Crippen LogP contribution in [0.4, 0.5) is 10.5 Å². The number of carbonyl (C=O) groups is 2. The Morgan fingerprint density at radius 3 is 2.00 bits per heavy atom. The van der Waals surface area contributed by atoms with E-state index >= 15 is 0 Å². The molecular formula is C20H14ClNO3. The molecule has 3 aromatic rings. The van der Waals surface area contributed by atoms with E-state index in [0.29, 0.717) is 27.6 Å². The molecular weight excluding hydrogens is 338 g/mol. The summed E-state index contributed by atoms with van der Waals surface area (Å²) < 4.78 is 5.19. The van der Waals surface area contributed by atoms with Gasteiger partial charge in [-0.25, -0.2) is 4.79 Å². The van der Waals surface area contributed by atoms with E-state index in [9.17, 15) is 9.59 Å². The quantitative estimate of drug-likeness (QED) is 0.659. The zero-order valence-electron chi connectivity index (χ0n) is 13.1. The average molecular weight is 352 g/mol. The Kier molecular flexibility index (Phi) is 5.11. The number of halogens is 1. The molecule has 0 atom stereocenters. The molecule has 3 rings (SSSR count). The van der Waals surface area contributed by atoms with Gasteiger partial charge in [0.05, 0.1) is 0 Å². The van der Waals surface area contributed by atoms with Crippen LogP contribution in [0.5, 0.6) is 5.75 Å². The predicted octanol–water partition coefficient (Wildman–Crippen LogP) is 5.18. The largest absolute Gasteiger partial charge is 0.417 e. The van der Waals surface area contributed by atoms with Gasteiger partial charge in [-0.15, -0.1) is 0 Å². The maximum atomic E-state index is 12.3. The first-order valence-corrected chi connectivity index (χ1v) is 7.94. The summed E-state index contributed by atoms with van der Waals surface area (Å²) in [5.74, 6) is 0.258. The van der Waals surface area contributed by atoms with Gasteiger partial charge in [0.2, 0.25) is 0 Å². The molecule has 0 aromatic heterocycles. The Morgan fingerprint density at radius 2 is 1.36 bits per heavy atom. The first kappa shape index (κ1) is 16.7. The van der Waals surface area contributed by atoms with Gasteiger partial charge in [0.15, 0.2) is 5.78 Å². The number of amides is 1. The van der Waals surface area contributed by atoms with Crippen molar-refractivity contribution in [3.8, 4) is 5.75 Å². The van der Waals surface area contributed by atoms with E-state index in [4.69, 9.17) is 16.3 Å². The topological polar surface area (TPSA) is 55.4 Å². The molecule has 124 valence electrons. The molecule has 0 fully saturated rings. The normalized spacial score (nSPS) is 10.1. The highest BCUT2D eigenvalue weighted by atomic mass is 35.5. The number of anilines is 1. The SMILES string of the molecule is O=C(Nc1ccc(Cl)cc1)Oc1ccc(C(=O)c2ccccc2)cc1. The minimum Gasteiger partial charge on any atom is -0.410 e. The number of hydrogen-bond donors (Lipinski definition) is 1. The number of hydrogen-bond acceptors (Lipinski definition) is 3. The van der Waals surface area contributed by atoms with E-state index in [-0.39, 0.29) is 5.78 Å². The van der Waals surface area contributed by atoms with Crippen molar-refractivity contribution in [2.24, 2.45) is 0 Å². The zero-order valence-corrected chi connectivity index (χ0v) is 13.9. The van der Waals surface area contributed by atoms with E-state index < -0.39 is 6.09 Å². The number of benzene rings is 3. The maximum Gasteiger partial charge on any atom is 0.417 e. The van der Waals surface area contributed by atoms with Crippen LogP contribution in [0.15, 0.2) is 78.9 Å². The van der Waals surface area contributed by atoms with E-state index in [1.54, 1.807) is 60.7 Å². The van der Waals surface area contributed by atoms with Crippen LogP contribution in [0.1, 0.15) is 15.9 Å². The van der Waals surface area contributed by atoms with Crippen LogP contribution in [-0.2, 0) is 0 Å². The standard InChI is InChI=1S/C20H14ClNO3/c21-16-8-10-17(11-9-16)22-20(24)25-18-12-6-15(7-13-18)19(23)14-4-2-1-3-5-14/h1-13H,(H,22,24). The van der Waals surface area contributed by atoms with Crippen molar-refractivity contribution < 1.29 is 14.3 Å². The smallest absolute Gasteiger partial charge is 0.410 e. The summed E-state index contributed by atoms with van der Waals surface area (Å²) >= 11 is 5.79. The molecule has 0 bridgehead atoms. The van der Waals surface area contributed by atoms with Crippen LogP contribution in [0.3, 0.4) is 0 Å². The van der Waals surface area contributed by atoms with Gasteiger partial charge in [-0.3, -0.25) is 10.1 Å². The molecule has 0 aliphatic carbocycles. The lowest BCUT2D eigenvalue weighted by Crippen LogP contribution is -2.16. The average Bonchev–Trinajstić information content (AvgIpc) is 2.64. The van der Waals surface area contributed by atoms with Crippen LogP contribution < -0.4 is 10.1 Å². The fourth-order valence-electron chi connectivity index (χ4n) is 2.21. The van der Waals surface area contributed by atoms with Gasteiger partial charge in [-0.2, -0.15) is 0 Å². The lowest BCUT2D eigenvalue weighted by Gasteiger charge is -2.07. The molecule has 1 amide bonds. The van der Waals surface area contributed by atoms with Crippen molar-refractivity contribution in [1.29, 1.82) is 0 Å². The van der Waals surface area contributed by atoms with Gasteiger partial charge in [0, 0.05) is 21.8 Å². The molecule has 0 aliphatic heterocycles. The first-order chi connectivity index (χ1) is 12.1. The predicted molar refractivity (Wildman–Crippen MR) is 97.4 cm³/mol. The van der Waals surface area contributed by atoms with Gasteiger partial charge in [0.25, 0.3) is 0 Å². The molecule has 0 radical (unpaired) electrons. The highest BCUT2D eigenvalue weighted by Gasteiger charge is 2.10. The third-order valence-corrected chi connectivity index (χ3v) is 3.71. The minimum atomic E-state index is -0.621. The number of ether oxygens (including phenoxy) is 1. The highest BCUT2D eigenvalue weighted by Crippen LogP contribution is 2.17. The molecule has 5 heteroatoms. The molecule has 0 aliphatic rings. The van der Waals surface area contributed by atoms with Crippen LogP contribution in [0.2, 0.25) is 5.02 Å². The molecule has 0 saturated heterocycles. The van der Waals surface area contributed by atoms with Crippen LogP contribution in [0.25, 0.3) is 0 Å². The zero-order chi connectivity index (χ0) is 17.6. The van der Waals surface area contributed by atoms with Gasteiger partial charge in [-0.05, 0) is 48.5 Å². The second-order valence-electron chi connectivity index (χ2n) is 5.24. The molecule has 3 aromatic carbocycles. The third-order valence-electron chi connectivity index (χ3n) is 3.45. The van der Waals surface area contributed by atoms with Crippen LogP contribution >= 0.6 is 11.6 Å². The summed E-state index contributed by atoms with van der Waals surface area (Å²) in [5.41, 5.74) is 1.71. The van der Waals surface area contributed by atoms with Gasteiger partial charge in [0.1, 0.15) is 5.75 Å². The Bertz CT molecular complexity index is 875. The molecule has 0 unspecified atom stereocenters. The number of nitrogens with one attached hydrogen (secondary N) is 1. The van der Waals surface area contributed by atoms with E-state index in [1.165, 1.54) is 0 Å². The lowest BCUT2D eigenvalue weighted by molar-refractivity contribution is 0.103. The lowest BCUT2D eigenvalue weighted by atomic mass is 10.0. The van der Waals surface area contributed by atoms with E-state index in [1.807, 2.05) is 18.2 Å². The Balaban J connectivity index is 1.63. The number of carbonyl (C=O) groups excluding carboxylic acids is 2. The number of rotatable bonds is 4. The summed E-state index contributed by atoms with van der Waals surface area (Å²) in [6.07, 6.45) is -0.621. The van der Waals surface area contributed by atoms with Crippen molar-refractivity contribution in [3.05, 3.63) is 95.0 Å². The van der Waals surface area contributed by atoms with Crippen molar-refractivity contribution in [3.63, 3.8) is 0 Å². The second-order valence-corrected chi connectivity index (χ2v) is 5.68. The molecule has 25 heavy (non-hydrogen) atoms. The first-order valence-electron chi connectivity index (χ1n) is 7.56. The summed E-state index contributed by atoms with van der Waals surface area (Å²) in [5, 5.41) is 3.18. The van der Waals surface area contributed by atoms with Crippen LogP contribution in [-0.4, -0.2) is 11.9 Å². The summed E-state index contributed by atoms with van der Waals surface area (Å²) in [6, 6.07) is 22.1. The molecule has 0 saturated carbocycles. The maximum absolute atomic E-state index is 12.3. The van der Waals surface area contributed by atoms with Crippen molar-refractivity contribution in [2.75, 3.05) is 5.32 Å². The molecule has 4 nitrogen and oxygen atoms in total. The summed E-state index contributed by atoms with van der Waals surface area (Å²) in [4.78, 5) is 24.2. The van der Waals surface area contributed by atoms with Gasteiger partial charge in [-0.1, -0.05) is 41.9 Å². The van der Waals surface area contributed by atoms with Gasteiger partial charge < -0.3 is 4.74 Å². The fourth-order valence-corrected chi connectivity index (χ4v) is 2.34. The minimum absolute atomic E-state index is 0.0854. The molecule has 0 heterocycles. The van der Waals surface area contributed by atoms with Crippen molar-refractivity contribution in [1.82, 2.24) is 0 Å². The third kappa shape index (κ3) is 4.46. The number of ketones is 1. The fraction of sp³-hybridized carbons (Fsp3) is 0. The Morgan fingerprint density at radius 1 is 0.760 bits per heavy atom.